The Morgan fingerprint density at radius 1 is 0.850 bits per heavy atom. The molecule has 0 amide bonds. The number of hydrogen-bond acceptors (Lipinski definition) is 3. The summed E-state index contributed by atoms with van der Waals surface area (Å²) in [4.78, 5) is 22.4. The molecule has 1 atom stereocenters. The Bertz CT molecular complexity index is 637. The molecule has 0 fully saturated rings. The average Bonchev–Trinajstić information content (AvgIpc) is 2.47. The van der Waals surface area contributed by atoms with Gasteiger partial charge in [-0.3, -0.25) is 0 Å². The number of carboxylic acids is 2. The highest BCUT2D eigenvalue weighted by Crippen LogP contribution is 2.27. The molecular weight excluding hydrogens is 258 g/mol. The molecule has 0 aromatic heterocycles. The third kappa shape index (κ3) is 2.26. The molecule has 0 heterocycles. The number of aliphatic carboxylic acids is 1. The highest BCUT2D eigenvalue weighted by molar-refractivity contribution is 5.89. The monoisotopic (exact) mass is 271 g/mol. The maximum absolute atomic E-state index is 11.6. The zero-order valence-corrected chi connectivity index (χ0v) is 10.5. The van der Waals surface area contributed by atoms with Crippen LogP contribution in [0.5, 0.6) is 0 Å². The smallest absolute Gasteiger partial charge is 0.335 e. The van der Waals surface area contributed by atoms with Crippen molar-refractivity contribution < 1.29 is 19.8 Å². The highest BCUT2D eigenvalue weighted by Gasteiger charge is 2.38. The maximum Gasteiger partial charge on any atom is 0.335 e. The van der Waals surface area contributed by atoms with Crippen LogP contribution >= 0.6 is 0 Å². The molecule has 0 bridgehead atoms. The summed E-state index contributed by atoms with van der Waals surface area (Å²) in [7, 11) is 0. The lowest BCUT2D eigenvalue weighted by atomic mass is 9.83. The van der Waals surface area contributed by atoms with Crippen LogP contribution in [0.15, 0.2) is 54.6 Å². The molecule has 4 N–H and O–H groups in total. The van der Waals surface area contributed by atoms with Crippen molar-refractivity contribution in [3.63, 3.8) is 0 Å². The zero-order valence-electron chi connectivity index (χ0n) is 10.5. The Hall–Kier alpha value is -2.66. The van der Waals surface area contributed by atoms with E-state index in [4.69, 9.17) is 10.8 Å². The van der Waals surface area contributed by atoms with Gasteiger partial charge in [0.15, 0.2) is 5.54 Å². The summed E-state index contributed by atoms with van der Waals surface area (Å²) in [6.07, 6.45) is 0. The summed E-state index contributed by atoms with van der Waals surface area (Å²) < 4.78 is 0. The Morgan fingerprint density at radius 2 is 1.35 bits per heavy atom. The van der Waals surface area contributed by atoms with Crippen LogP contribution in [-0.2, 0) is 10.3 Å². The summed E-state index contributed by atoms with van der Waals surface area (Å²) in [5.74, 6) is -2.28. The van der Waals surface area contributed by atoms with Crippen LogP contribution < -0.4 is 5.73 Å². The van der Waals surface area contributed by atoms with E-state index in [0.29, 0.717) is 11.1 Å². The summed E-state index contributed by atoms with van der Waals surface area (Å²) in [6.45, 7) is 0. The lowest BCUT2D eigenvalue weighted by Gasteiger charge is -2.25. The second kappa shape index (κ2) is 5.14. The summed E-state index contributed by atoms with van der Waals surface area (Å²) in [6, 6.07) is 13.9. The Balaban J connectivity index is 2.54. The number of nitrogens with two attached hydrogens (primary N) is 1. The minimum Gasteiger partial charge on any atom is -0.479 e. The van der Waals surface area contributed by atoms with Crippen LogP contribution in [0.25, 0.3) is 0 Å². The van der Waals surface area contributed by atoms with Gasteiger partial charge < -0.3 is 15.9 Å². The molecule has 0 aliphatic carbocycles. The normalized spacial score (nSPS) is 13.4. The van der Waals surface area contributed by atoms with Crippen LogP contribution in [0.1, 0.15) is 21.5 Å². The molecule has 2 aromatic rings. The second-order valence-electron chi connectivity index (χ2n) is 4.36. The number of hydrogen-bond donors (Lipinski definition) is 3. The Labute approximate surface area is 115 Å². The van der Waals surface area contributed by atoms with E-state index in [1.165, 1.54) is 24.3 Å². The largest absolute Gasteiger partial charge is 0.479 e. The molecule has 0 aliphatic heterocycles. The quantitative estimate of drug-likeness (QED) is 0.785. The van der Waals surface area contributed by atoms with Crippen LogP contribution in [-0.4, -0.2) is 22.2 Å². The standard InChI is InChI=1S/C15H13NO4/c16-15(14(19)20,11-4-2-1-3-5-11)12-8-6-10(7-9-12)13(17)18/h1-9H,16H2,(H,17,18)(H,19,20)/t15-/m0/s1. The topological polar surface area (TPSA) is 101 Å². The van der Waals surface area contributed by atoms with Gasteiger partial charge in [-0.15, -0.1) is 0 Å². The minimum atomic E-state index is -1.71. The van der Waals surface area contributed by atoms with Crippen molar-refractivity contribution in [1.82, 2.24) is 0 Å². The van der Waals surface area contributed by atoms with Crippen molar-refractivity contribution >= 4 is 11.9 Å². The first-order chi connectivity index (χ1) is 9.46. The van der Waals surface area contributed by atoms with Gasteiger partial charge in [0.25, 0.3) is 0 Å². The molecule has 102 valence electrons. The number of benzene rings is 2. The Morgan fingerprint density at radius 3 is 1.80 bits per heavy atom. The highest BCUT2D eigenvalue weighted by atomic mass is 16.4. The van der Waals surface area contributed by atoms with E-state index in [1.54, 1.807) is 30.3 Å². The third-order valence-corrected chi connectivity index (χ3v) is 3.15. The summed E-state index contributed by atoms with van der Waals surface area (Å²) in [5.41, 5.74) is 5.18. The lowest BCUT2D eigenvalue weighted by molar-refractivity contribution is -0.142. The van der Waals surface area contributed by atoms with Crippen LogP contribution in [0, 0.1) is 0 Å². The molecule has 0 saturated heterocycles. The fourth-order valence-corrected chi connectivity index (χ4v) is 1.99. The van der Waals surface area contributed by atoms with E-state index in [1.807, 2.05) is 0 Å². The van der Waals surface area contributed by atoms with Crippen molar-refractivity contribution in [2.45, 2.75) is 5.54 Å². The first-order valence-corrected chi connectivity index (χ1v) is 5.88. The van der Waals surface area contributed by atoms with E-state index < -0.39 is 17.5 Å². The van der Waals surface area contributed by atoms with E-state index in [0.717, 1.165) is 0 Å². The predicted octanol–water partition coefficient (Wildman–Crippen LogP) is 1.67. The minimum absolute atomic E-state index is 0.0783. The van der Waals surface area contributed by atoms with E-state index in [2.05, 4.69) is 0 Å². The van der Waals surface area contributed by atoms with E-state index in [9.17, 15) is 14.7 Å². The molecule has 0 radical (unpaired) electrons. The van der Waals surface area contributed by atoms with E-state index >= 15 is 0 Å². The molecule has 2 aromatic carbocycles. The number of carboxylic acid groups (broad SMARTS) is 2. The van der Waals surface area contributed by atoms with Gasteiger partial charge in [0.05, 0.1) is 5.56 Å². The van der Waals surface area contributed by atoms with Gasteiger partial charge in [-0.1, -0.05) is 42.5 Å². The first kappa shape index (κ1) is 13.8. The van der Waals surface area contributed by atoms with Crippen molar-refractivity contribution in [2.75, 3.05) is 0 Å². The molecule has 5 heteroatoms. The van der Waals surface area contributed by atoms with Crippen LogP contribution in [0.2, 0.25) is 0 Å². The SMILES string of the molecule is N[C@@](C(=O)O)(c1ccccc1)c1ccc(C(=O)O)cc1. The molecule has 0 saturated carbocycles. The van der Waals surface area contributed by atoms with Gasteiger partial charge in [-0.25, -0.2) is 9.59 Å². The van der Waals surface area contributed by atoms with Crippen LogP contribution in [0.3, 0.4) is 0 Å². The molecule has 5 nitrogen and oxygen atoms in total. The molecule has 0 aliphatic rings. The van der Waals surface area contributed by atoms with Gasteiger partial charge in [-0.05, 0) is 23.3 Å². The Kier molecular flexibility index (Phi) is 3.54. The molecule has 0 unspecified atom stereocenters. The molecule has 0 spiro atoms. The van der Waals surface area contributed by atoms with Gasteiger partial charge in [0.1, 0.15) is 0 Å². The summed E-state index contributed by atoms with van der Waals surface area (Å²) >= 11 is 0. The second-order valence-corrected chi connectivity index (χ2v) is 4.36. The zero-order chi connectivity index (χ0) is 14.8. The van der Waals surface area contributed by atoms with Crippen molar-refractivity contribution in [3.8, 4) is 0 Å². The van der Waals surface area contributed by atoms with Crippen molar-refractivity contribution in [1.29, 1.82) is 0 Å². The number of carbonyl (C=O) groups is 2. The first-order valence-electron chi connectivity index (χ1n) is 5.88. The van der Waals surface area contributed by atoms with Gasteiger partial charge in [-0.2, -0.15) is 0 Å². The maximum atomic E-state index is 11.6. The lowest BCUT2D eigenvalue weighted by Crippen LogP contribution is -2.45. The van der Waals surface area contributed by atoms with Crippen molar-refractivity contribution in [2.24, 2.45) is 5.73 Å². The number of rotatable bonds is 4. The van der Waals surface area contributed by atoms with Crippen LogP contribution in [0.4, 0.5) is 0 Å². The molecule has 20 heavy (non-hydrogen) atoms. The van der Waals surface area contributed by atoms with Gasteiger partial charge in [0, 0.05) is 0 Å². The van der Waals surface area contributed by atoms with Gasteiger partial charge >= 0.3 is 11.9 Å². The van der Waals surface area contributed by atoms with Gasteiger partial charge in [0.2, 0.25) is 0 Å². The number of aromatic carboxylic acids is 1. The van der Waals surface area contributed by atoms with Crippen molar-refractivity contribution in [3.05, 3.63) is 71.3 Å². The molecular formula is C15H13NO4. The fourth-order valence-electron chi connectivity index (χ4n) is 1.99. The third-order valence-electron chi connectivity index (χ3n) is 3.15. The predicted molar refractivity (Wildman–Crippen MR) is 72.4 cm³/mol. The fraction of sp³-hybridized carbons (Fsp3) is 0.0667. The molecule has 2 rings (SSSR count). The average molecular weight is 271 g/mol. The van der Waals surface area contributed by atoms with E-state index in [-0.39, 0.29) is 5.56 Å². The summed E-state index contributed by atoms with van der Waals surface area (Å²) in [5, 5.41) is 18.3.